The lowest BCUT2D eigenvalue weighted by molar-refractivity contribution is -0.151. The number of nitrogens with zero attached hydrogens (tertiary/aromatic N) is 2. The minimum Gasteiger partial charge on any atom is -0.507 e. The molecule has 1 N–H and O–H groups in total. The van der Waals surface area contributed by atoms with Crippen molar-refractivity contribution in [2.45, 2.75) is 53.1 Å². The Labute approximate surface area is 172 Å². The number of piperazine rings is 1. The fraction of sp³-hybridized carbons (Fsp3) is 0.636. The highest BCUT2D eigenvalue weighted by molar-refractivity contribution is 5.86. The van der Waals surface area contributed by atoms with E-state index in [1.165, 1.54) is 0 Å². The van der Waals surface area contributed by atoms with Crippen LogP contribution in [-0.4, -0.2) is 71.7 Å². The van der Waals surface area contributed by atoms with Crippen LogP contribution >= 0.6 is 0 Å². The number of hydrogen-bond donors (Lipinski definition) is 1. The summed E-state index contributed by atoms with van der Waals surface area (Å²) in [6.45, 7) is 12.4. The van der Waals surface area contributed by atoms with Crippen molar-refractivity contribution in [3.05, 3.63) is 22.3 Å². The molecule has 160 valence electrons. The Kier molecular flexibility index (Phi) is 6.08. The molecule has 1 saturated heterocycles. The molecule has 7 heteroatoms. The van der Waals surface area contributed by atoms with E-state index in [0.29, 0.717) is 51.4 Å². The average Bonchev–Trinajstić information content (AvgIpc) is 2.71. The lowest BCUT2D eigenvalue weighted by Crippen LogP contribution is -2.58. The molecule has 1 atom stereocenters. The third-order valence-electron chi connectivity index (χ3n) is 6.29. The van der Waals surface area contributed by atoms with Crippen LogP contribution in [0.5, 0.6) is 11.5 Å². The van der Waals surface area contributed by atoms with Crippen LogP contribution < -0.4 is 4.74 Å². The van der Waals surface area contributed by atoms with Crippen molar-refractivity contribution in [3.8, 4) is 11.5 Å². The largest absolute Gasteiger partial charge is 0.507 e. The number of hydrogen-bond acceptors (Lipinski definition) is 6. The van der Waals surface area contributed by atoms with Crippen molar-refractivity contribution in [3.63, 3.8) is 0 Å². The molecule has 1 fully saturated rings. The van der Waals surface area contributed by atoms with E-state index < -0.39 is 5.60 Å². The van der Waals surface area contributed by atoms with Crippen molar-refractivity contribution >= 4 is 11.9 Å². The predicted molar refractivity (Wildman–Crippen MR) is 109 cm³/mol. The second-order valence-electron chi connectivity index (χ2n) is 8.24. The summed E-state index contributed by atoms with van der Waals surface area (Å²) in [5, 5.41) is 10.3. The van der Waals surface area contributed by atoms with Crippen molar-refractivity contribution < 1.29 is 24.2 Å². The van der Waals surface area contributed by atoms with Crippen molar-refractivity contribution in [1.29, 1.82) is 0 Å². The molecular formula is C22H32N2O5. The van der Waals surface area contributed by atoms with Crippen LogP contribution in [0.3, 0.4) is 0 Å². The third-order valence-corrected chi connectivity index (χ3v) is 6.29. The summed E-state index contributed by atoms with van der Waals surface area (Å²) < 4.78 is 11.3. The molecule has 0 saturated carbocycles. The summed E-state index contributed by atoms with van der Waals surface area (Å²) in [5.41, 5.74) is 2.60. The van der Waals surface area contributed by atoms with Gasteiger partial charge in [0.2, 0.25) is 0 Å². The first-order valence-electron chi connectivity index (χ1n) is 10.4. The van der Waals surface area contributed by atoms with Gasteiger partial charge in [0.25, 0.3) is 5.91 Å². The minimum absolute atomic E-state index is 0.0123. The Balaban J connectivity index is 1.69. The SMILES string of the molecule is CCOC(=O)CN1CCN(C(=O)C2(C)CCc3c(C)c(O)c(C)c(C)c3O2)CC1. The maximum Gasteiger partial charge on any atom is 0.320 e. The van der Waals surface area contributed by atoms with E-state index in [-0.39, 0.29) is 18.4 Å². The topological polar surface area (TPSA) is 79.3 Å². The Morgan fingerprint density at radius 3 is 2.38 bits per heavy atom. The van der Waals surface area contributed by atoms with Crippen molar-refractivity contribution in [1.82, 2.24) is 9.80 Å². The van der Waals surface area contributed by atoms with Gasteiger partial charge in [-0.05, 0) is 57.7 Å². The second kappa shape index (κ2) is 8.22. The first kappa shape index (κ1) is 21.4. The molecule has 7 nitrogen and oxygen atoms in total. The summed E-state index contributed by atoms with van der Waals surface area (Å²) in [5.74, 6) is 0.816. The summed E-state index contributed by atoms with van der Waals surface area (Å²) in [6, 6.07) is 0. The number of phenolic OH excluding ortho intramolecular Hbond substituents is 1. The van der Waals surface area contributed by atoms with E-state index in [1.807, 2.05) is 37.5 Å². The molecule has 2 aliphatic rings. The van der Waals surface area contributed by atoms with Gasteiger partial charge in [-0.1, -0.05) is 0 Å². The number of carbonyl (C=O) groups excluding carboxylic acids is 2. The fourth-order valence-corrected chi connectivity index (χ4v) is 4.23. The molecule has 1 unspecified atom stereocenters. The van der Waals surface area contributed by atoms with Crippen LogP contribution in [-0.2, 0) is 20.7 Å². The Bertz CT molecular complexity index is 814. The van der Waals surface area contributed by atoms with Crippen LogP contribution in [0.25, 0.3) is 0 Å². The zero-order valence-corrected chi connectivity index (χ0v) is 18.1. The number of esters is 1. The van der Waals surface area contributed by atoms with E-state index in [0.717, 1.165) is 28.0 Å². The van der Waals surface area contributed by atoms with Crippen LogP contribution in [0.1, 0.15) is 42.5 Å². The maximum absolute atomic E-state index is 13.3. The fourth-order valence-electron chi connectivity index (χ4n) is 4.23. The number of fused-ring (bicyclic) bond motifs is 1. The highest BCUT2D eigenvalue weighted by Gasteiger charge is 2.43. The average molecular weight is 405 g/mol. The smallest absolute Gasteiger partial charge is 0.320 e. The van der Waals surface area contributed by atoms with E-state index in [4.69, 9.17) is 9.47 Å². The summed E-state index contributed by atoms with van der Waals surface area (Å²) in [6.07, 6.45) is 1.27. The summed E-state index contributed by atoms with van der Waals surface area (Å²) in [4.78, 5) is 28.8. The molecule has 1 aromatic rings. The van der Waals surface area contributed by atoms with Gasteiger partial charge >= 0.3 is 5.97 Å². The van der Waals surface area contributed by atoms with E-state index in [9.17, 15) is 14.7 Å². The van der Waals surface area contributed by atoms with Gasteiger partial charge in [-0.25, -0.2) is 0 Å². The molecule has 2 heterocycles. The first-order chi connectivity index (χ1) is 13.7. The molecule has 1 amide bonds. The van der Waals surface area contributed by atoms with Gasteiger partial charge in [-0.3, -0.25) is 14.5 Å². The molecule has 2 aliphatic heterocycles. The maximum atomic E-state index is 13.3. The molecular weight excluding hydrogens is 372 g/mol. The van der Waals surface area contributed by atoms with Gasteiger partial charge in [-0.15, -0.1) is 0 Å². The van der Waals surface area contributed by atoms with Crippen LogP contribution in [0.4, 0.5) is 0 Å². The lowest BCUT2D eigenvalue weighted by atomic mass is 9.86. The predicted octanol–water partition coefficient (Wildman–Crippen LogP) is 2.11. The number of ether oxygens (including phenoxy) is 2. The molecule has 0 aliphatic carbocycles. The molecule has 0 radical (unpaired) electrons. The summed E-state index contributed by atoms with van der Waals surface area (Å²) in [7, 11) is 0. The second-order valence-corrected chi connectivity index (χ2v) is 8.24. The monoisotopic (exact) mass is 404 g/mol. The standard InChI is InChI=1S/C22H32N2O5/c1-6-28-18(25)13-23-9-11-24(12-10-23)21(27)22(5)8-7-17-16(4)19(26)14(2)15(3)20(17)29-22/h26H,6-13H2,1-5H3. The van der Waals surface area contributed by atoms with Crippen molar-refractivity contribution in [2.75, 3.05) is 39.3 Å². The van der Waals surface area contributed by atoms with Crippen molar-refractivity contribution in [2.24, 2.45) is 0 Å². The van der Waals surface area contributed by atoms with Gasteiger partial charge in [0.1, 0.15) is 11.5 Å². The van der Waals surface area contributed by atoms with Crippen LogP contribution in [0.15, 0.2) is 0 Å². The lowest BCUT2D eigenvalue weighted by Gasteiger charge is -2.42. The Morgan fingerprint density at radius 2 is 1.76 bits per heavy atom. The zero-order valence-electron chi connectivity index (χ0n) is 18.1. The number of amides is 1. The molecule has 3 rings (SSSR count). The molecule has 0 bridgehead atoms. The highest BCUT2D eigenvalue weighted by atomic mass is 16.5. The number of carbonyl (C=O) groups is 2. The van der Waals surface area contributed by atoms with E-state index in [2.05, 4.69) is 0 Å². The van der Waals surface area contributed by atoms with Gasteiger partial charge in [0.15, 0.2) is 5.60 Å². The Morgan fingerprint density at radius 1 is 1.10 bits per heavy atom. The molecule has 0 aromatic heterocycles. The number of aromatic hydroxyl groups is 1. The quantitative estimate of drug-likeness (QED) is 0.775. The van der Waals surface area contributed by atoms with Crippen LogP contribution in [0, 0.1) is 20.8 Å². The Hall–Kier alpha value is -2.28. The van der Waals surface area contributed by atoms with Crippen LogP contribution in [0.2, 0.25) is 0 Å². The van der Waals surface area contributed by atoms with Gasteiger partial charge in [0.05, 0.1) is 13.2 Å². The van der Waals surface area contributed by atoms with E-state index >= 15 is 0 Å². The number of rotatable bonds is 4. The van der Waals surface area contributed by atoms with Gasteiger partial charge < -0.3 is 19.5 Å². The third kappa shape index (κ3) is 4.06. The highest BCUT2D eigenvalue weighted by Crippen LogP contribution is 2.43. The minimum atomic E-state index is -0.920. The molecule has 1 aromatic carbocycles. The van der Waals surface area contributed by atoms with Gasteiger partial charge in [-0.2, -0.15) is 0 Å². The van der Waals surface area contributed by atoms with E-state index in [1.54, 1.807) is 6.92 Å². The zero-order chi connectivity index (χ0) is 21.3. The number of benzene rings is 1. The van der Waals surface area contributed by atoms with Gasteiger partial charge in [0, 0.05) is 38.2 Å². The normalized spacial score (nSPS) is 22.0. The summed E-state index contributed by atoms with van der Waals surface area (Å²) >= 11 is 0. The number of phenols is 1. The molecule has 0 spiro atoms. The molecule has 29 heavy (non-hydrogen) atoms. The first-order valence-corrected chi connectivity index (χ1v) is 10.4.